The molecule has 0 spiro atoms. The van der Waals surface area contributed by atoms with Crippen LogP contribution in [0.3, 0.4) is 0 Å². The van der Waals surface area contributed by atoms with Gasteiger partial charge in [-0.05, 0) is 36.5 Å². The highest BCUT2D eigenvalue weighted by molar-refractivity contribution is 6.17. The Balaban J connectivity index is 2.84. The van der Waals surface area contributed by atoms with Crippen molar-refractivity contribution in [2.24, 2.45) is 0 Å². The van der Waals surface area contributed by atoms with Gasteiger partial charge in [0.2, 0.25) is 0 Å². The molecule has 0 radical (unpaired) electrons. The highest BCUT2D eigenvalue weighted by Gasteiger charge is 2.06. The first-order chi connectivity index (χ1) is 6.15. The molecule has 0 fully saturated rings. The molecule has 0 aliphatic rings. The van der Waals surface area contributed by atoms with E-state index in [0.717, 1.165) is 6.42 Å². The van der Waals surface area contributed by atoms with Gasteiger partial charge in [0, 0.05) is 5.88 Å². The summed E-state index contributed by atoms with van der Waals surface area (Å²) in [7, 11) is 0. The lowest BCUT2D eigenvalue weighted by Gasteiger charge is -2.10. The van der Waals surface area contributed by atoms with Crippen LogP contribution < -0.4 is 0 Å². The molecular weight excluding hydrogens is 187 g/mol. The fourth-order valence-electron chi connectivity index (χ4n) is 1.30. The van der Waals surface area contributed by atoms with Crippen LogP contribution in [0.15, 0.2) is 18.2 Å². The van der Waals surface area contributed by atoms with E-state index in [4.69, 9.17) is 11.6 Å². The second-order valence-electron chi connectivity index (χ2n) is 3.39. The number of hydrogen-bond acceptors (Lipinski definition) is 0. The van der Waals surface area contributed by atoms with E-state index in [9.17, 15) is 4.39 Å². The lowest BCUT2D eigenvalue weighted by atomic mass is 9.97. The molecular formula is C11H14ClF. The minimum absolute atomic E-state index is 0.137. The molecule has 13 heavy (non-hydrogen) atoms. The minimum atomic E-state index is -0.137. The van der Waals surface area contributed by atoms with Crippen LogP contribution in [0.2, 0.25) is 0 Å². The summed E-state index contributed by atoms with van der Waals surface area (Å²) in [5.74, 6) is 0.927. The molecule has 0 bridgehead atoms. The molecule has 0 aromatic heterocycles. The Morgan fingerprint density at radius 1 is 1.46 bits per heavy atom. The summed E-state index contributed by atoms with van der Waals surface area (Å²) in [5, 5.41) is 0. The summed E-state index contributed by atoms with van der Waals surface area (Å²) < 4.78 is 12.9. The zero-order valence-electron chi connectivity index (χ0n) is 7.98. The molecule has 1 rings (SSSR count). The number of aryl methyl sites for hydroxylation is 1. The first kappa shape index (κ1) is 10.5. The Morgan fingerprint density at radius 2 is 2.15 bits per heavy atom. The third-order valence-electron chi connectivity index (χ3n) is 2.29. The first-order valence-electron chi connectivity index (χ1n) is 4.47. The molecule has 1 aromatic carbocycles. The molecule has 0 saturated heterocycles. The van der Waals surface area contributed by atoms with Gasteiger partial charge in [-0.2, -0.15) is 0 Å². The van der Waals surface area contributed by atoms with Crippen LogP contribution in [-0.4, -0.2) is 5.88 Å². The molecule has 1 atom stereocenters. The van der Waals surface area contributed by atoms with E-state index in [1.807, 2.05) is 12.1 Å². The van der Waals surface area contributed by atoms with Crippen molar-refractivity contribution in [1.82, 2.24) is 0 Å². The Hall–Kier alpha value is -0.560. The summed E-state index contributed by atoms with van der Waals surface area (Å²) in [6.07, 6.45) is 0.937. The SMILES string of the molecule is Cc1cc(C(C)CCCl)ccc1F. The fraction of sp³-hybridized carbons (Fsp3) is 0.455. The van der Waals surface area contributed by atoms with Gasteiger partial charge in [-0.25, -0.2) is 4.39 Å². The smallest absolute Gasteiger partial charge is 0.126 e. The maximum absolute atomic E-state index is 12.9. The third-order valence-corrected chi connectivity index (χ3v) is 2.51. The van der Waals surface area contributed by atoms with Crippen molar-refractivity contribution >= 4 is 11.6 Å². The largest absolute Gasteiger partial charge is 0.207 e. The van der Waals surface area contributed by atoms with Gasteiger partial charge in [0.05, 0.1) is 0 Å². The van der Waals surface area contributed by atoms with Crippen molar-refractivity contribution in [3.63, 3.8) is 0 Å². The van der Waals surface area contributed by atoms with Gasteiger partial charge in [-0.3, -0.25) is 0 Å². The molecule has 0 amide bonds. The van der Waals surface area contributed by atoms with Crippen LogP contribution in [0.25, 0.3) is 0 Å². The topological polar surface area (TPSA) is 0 Å². The Labute approximate surface area is 83.7 Å². The molecule has 0 saturated carbocycles. The normalized spacial score (nSPS) is 12.9. The van der Waals surface area contributed by atoms with Gasteiger partial charge in [0.25, 0.3) is 0 Å². The molecule has 1 unspecified atom stereocenters. The van der Waals surface area contributed by atoms with Gasteiger partial charge in [-0.15, -0.1) is 11.6 Å². The van der Waals surface area contributed by atoms with E-state index in [1.54, 1.807) is 6.92 Å². The van der Waals surface area contributed by atoms with Crippen LogP contribution in [0.1, 0.15) is 30.4 Å². The van der Waals surface area contributed by atoms with Crippen molar-refractivity contribution in [1.29, 1.82) is 0 Å². The molecule has 0 heterocycles. The number of benzene rings is 1. The molecule has 72 valence electrons. The van der Waals surface area contributed by atoms with Gasteiger partial charge >= 0.3 is 0 Å². The summed E-state index contributed by atoms with van der Waals surface area (Å²) >= 11 is 5.64. The lowest BCUT2D eigenvalue weighted by Crippen LogP contribution is -1.96. The Bertz CT molecular complexity index is 283. The molecule has 1 aromatic rings. The van der Waals surface area contributed by atoms with Gasteiger partial charge in [0.15, 0.2) is 0 Å². The number of halogens is 2. The highest BCUT2D eigenvalue weighted by Crippen LogP contribution is 2.21. The minimum Gasteiger partial charge on any atom is -0.207 e. The zero-order chi connectivity index (χ0) is 9.84. The maximum atomic E-state index is 12.9. The maximum Gasteiger partial charge on any atom is 0.126 e. The zero-order valence-corrected chi connectivity index (χ0v) is 8.74. The van der Waals surface area contributed by atoms with Crippen LogP contribution in [-0.2, 0) is 0 Å². The number of rotatable bonds is 3. The molecule has 2 heteroatoms. The number of hydrogen-bond donors (Lipinski definition) is 0. The second kappa shape index (κ2) is 4.61. The summed E-state index contributed by atoms with van der Waals surface area (Å²) in [4.78, 5) is 0. The van der Waals surface area contributed by atoms with Crippen LogP contribution in [0.4, 0.5) is 4.39 Å². The van der Waals surface area contributed by atoms with E-state index in [-0.39, 0.29) is 5.82 Å². The Kier molecular flexibility index (Phi) is 3.73. The van der Waals surface area contributed by atoms with Gasteiger partial charge in [0.1, 0.15) is 5.82 Å². The van der Waals surface area contributed by atoms with E-state index in [0.29, 0.717) is 17.4 Å². The monoisotopic (exact) mass is 200 g/mol. The first-order valence-corrected chi connectivity index (χ1v) is 5.00. The molecule has 0 aliphatic carbocycles. The van der Waals surface area contributed by atoms with Crippen molar-refractivity contribution < 1.29 is 4.39 Å². The molecule has 0 nitrogen and oxygen atoms in total. The van der Waals surface area contributed by atoms with Crippen molar-refractivity contribution in [2.45, 2.75) is 26.2 Å². The third kappa shape index (κ3) is 2.70. The van der Waals surface area contributed by atoms with Crippen molar-refractivity contribution in [2.75, 3.05) is 5.88 Å². The Morgan fingerprint density at radius 3 is 2.69 bits per heavy atom. The molecule has 0 aliphatic heterocycles. The lowest BCUT2D eigenvalue weighted by molar-refractivity contribution is 0.615. The van der Waals surface area contributed by atoms with Gasteiger partial charge in [-0.1, -0.05) is 19.1 Å². The van der Waals surface area contributed by atoms with Crippen molar-refractivity contribution in [3.05, 3.63) is 35.1 Å². The predicted octanol–water partition coefficient (Wildman–Crippen LogP) is 3.87. The van der Waals surface area contributed by atoms with E-state index in [1.165, 1.54) is 11.6 Å². The van der Waals surface area contributed by atoms with Crippen LogP contribution >= 0.6 is 11.6 Å². The van der Waals surface area contributed by atoms with Crippen LogP contribution in [0.5, 0.6) is 0 Å². The standard InChI is InChI=1S/C11H14ClF/c1-8(5-6-12)10-3-4-11(13)9(2)7-10/h3-4,7-8H,5-6H2,1-2H3. The highest BCUT2D eigenvalue weighted by atomic mass is 35.5. The predicted molar refractivity (Wildman–Crippen MR) is 54.9 cm³/mol. The average molecular weight is 201 g/mol. The van der Waals surface area contributed by atoms with Crippen LogP contribution in [0, 0.1) is 12.7 Å². The quantitative estimate of drug-likeness (QED) is 0.650. The molecule has 0 N–H and O–H groups in total. The average Bonchev–Trinajstić information content (AvgIpc) is 2.10. The van der Waals surface area contributed by atoms with E-state index >= 15 is 0 Å². The summed E-state index contributed by atoms with van der Waals surface area (Å²) in [6, 6.07) is 5.25. The second-order valence-corrected chi connectivity index (χ2v) is 3.77. The number of alkyl halides is 1. The summed E-state index contributed by atoms with van der Waals surface area (Å²) in [6.45, 7) is 3.89. The van der Waals surface area contributed by atoms with Crippen molar-refractivity contribution in [3.8, 4) is 0 Å². The van der Waals surface area contributed by atoms with E-state index < -0.39 is 0 Å². The summed E-state index contributed by atoms with van der Waals surface area (Å²) in [5.41, 5.74) is 1.87. The van der Waals surface area contributed by atoms with Gasteiger partial charge < -0.3 is 0 Å². The van der Waals surface area contributed by atoms with E-state index in [2.05, 4.69) is 6.92 Å². The fourth-order valence-corrected chi connectivity index (χ4v) is 1.63.